The molecule has 0 radical (unpaired) electrons. The highest BCUT2D eigenvalue weighted by molar-refractivity contribution is 7.99. The summed E-state index contributed by atoms with van der Waals surface area (Å²) in [4.78, 5) is 15.3. The molecule has 2 N–H and O–H groups in total. The van der Waals surface area contributed by atoms with E-state index in [1.165, 1.54) is 5.69 Å². The molecule has 3 aromatic rings. The van der Waals surface area contributed by atoms with Crippen molar-refractivity contribution >= 4 is 39.1 Å². The van der Waals surface area contributed by atoms with E-state index >= 15 is 0 Å². The van der Waals surface area contributed by atoms with Crippen molar-refractivity contribution in [2.45, 2.75) is 25.3 Å². The van der Waals surface area contributed by atoms with E-state index < -0.39 is 10.0 Å². The molecular weight excluding hydrogens is 466 g/mol. The Bertz CT molecular complexity index is 1270. The van der Waals surface area contributed by atoms with Crippen LogP contribution in [0.2, 0.25) is 0 Å². The van der Waals surface area contributed by atoms with Crippen LogP contribution in [0.15, 0.2) is 71.6 Å². The lowest BCUT2D eigenvalue weighted by Gasteiger charge is -2.28. The molecule has 0 unspecified atom stereocenters. The monoisotopic (exact) mass is 495 g/mol. The number of carbonyl (C=O) groups excluding carboxylic acids is 1. The van der Waals surface area contributed by atoms with Crippen molar-refractivity contribution in [3.63, 3.8) is 0 Å². The number of hydrogen-bond donors (Lipinski definition) is 2. The van der Waals surface area contributed by atoms with Gasteiger partial charge in [-0.05, 0) is 66.9 Å². The summed E-state index contributed by atoms with van der Waals surface area (Å²) in [5.41, 5.74) is 4.48. The first-order chi connectivity index (χ1) is 16.3. The zero-order chi connectivity index (χ0) is 24.1. The van der Waals surface area contributed by atoms with Gasteiger partial charge >= 0.3 is 0 Å². The Kier molecular flexibility index (Phi) is 7.48. The molecule has 1 amide bonds. The van der Waals surface area contributed by atoms with Gasteiger partial charge in [0.05, 0.1) is 4.90 Å². The number of aryl methyl sites for hydroxylation is 2. The van der Waals surface area contributed by atoms with Crippen molar-refractivity contribution in [1.82, 2.24) is 5.32 Å². The molecule has 34 heavy (non-hydrogen) atoms. The van der Waals surface area contributed by atoms with Crippen LogP contribution in [0.5, 0.6) is 0 Å². The van der Waals surface area contributed by atoms with Crippen LogP contribution in [0.4, 0.5) is 11.4 Å². The first-order valence-corrected chi connectivity index (χ1v) is 13.9. The highest BCUT2D eigenvalue weighted by Crippen LogP contribution is 2.22. The summed E-state index contributed by atoms with van der Waals surface area (Å²) in [6.45, 7) is 6.13. The highest BCUT2D eigenvalue weighted by Gasteiger charge is 2.18. The molecule has 3 aromatic carbocycles. The Morgan fingerprint density at radius 3 is 2.44 bits per heavy atom. The minimum Gasteiger partial charge on any atom is -0.370 e. The van der Waals surface area contributed by atoms with Crippen molar-refractivity contribution in [1.29, 1.82) is 0 Å². The standard InChI is InChI=1S/C26H29N3O3S2/c1-19-6-7-20(2)25(16-19)34(31,32)28-23-5-3-4-22(17-23)26(30)27-18-21-8-10-24(11-9-21)29-12-14-33-15-13-29/h3-11,16-17,28H,12-15,18H2,1-2H3,(H,27,30). The SMILES string of the molecule is Cc1ccc(C)c(S(=O)(=O)Nc2cccc(C(=O)NCc3ccc(N4CCSCC4)cc3)c2)c1. The molecule has 1 saturated heterocycles. The number of rotatable bonds is 7. The van der Waals surface area contributed by atoms with Crippen LogP contribution in [-0.2, 0) is 16.6 Å². The summed E-state index contributed by atoms with van der Waals surface area (Å²) in [7, 11) is -3.76. The maximum Gasteiger partial charge on any atom is 0.262 e. The third-order valence-electron chi connectivity index (χ3n) is 5.78. The Labute approximate surface area is 205 Å². The fourth-order valence-electron chi connectivity index (χ4n) is 3.86. The van der Waals surface area contributed by atoms with Gasteiger partial charge in [0.2, 0.25) is 0 Å². The molecule has 0 atom stereocenters. The molecule has 6 nitrogen and oxygen atoms in total. The minimum atomic E-state index is -3.76. The number of anilines is 2. The highest BCUT2D eigenvalue weighted by atomic mass is 32.2. The smallest absolute Gasteiger partial charge is 0.262 e. The molecule has 1 aliphatic heterocycles. The molecule has 8 heteroatoms. The fraction of sp³-hybridized carbons (Fsp3) is 0.269. The number of nitrogens with zero attached hydrogens (tertiary/aromatic N) is 1. The molecule has 0 spiro atoms. The van der Waals surface area contributed by atoms with Gasteiger partial charge in [0.1, 0.15) is 0 Å². The topological polar surface area (TPSA) is 78.5 Å². The maximum absolute atomic E-state index is 12.9. The van der Waals surface area contributed by atoms with Crippen molar-refractivity contribution in [2.75, 3.05) is 34.2 Å². The van der Waals surface area contributed by atoms with Crippen molar-refractivity contribution in [2.24, 2.45) is 0 Å². The van der Waals surface area contributed by atoms with E-state index in [1.54, 1.807) is 43.3 Å². The van der Waals surface area contributed by atoms with Crippen LogP contribution in [0, 0.1) is 13.8 Å². The van der Waals surface area contributed by atoms with E-state index in [0.29, 0.717) is 23.4 Å². The van der Waals surface area contributed by atoms with E-state index in [0.717, 1.165) is 35.7 Å². The largest absolute Gasteiger partial charge is 0.370 e. The van der Waals surface area contributed by atoms with Crippen LogP contribution >= 0.6 is 11.8 Å². The summed E-state index contributed by atoms with van der Waals surface area (Å²) >= 11 is 1.98. The van der Waals surface area contributed by atoms with Crippen molar-refractivity contribution < 1.29 is 13.2 Å². The number of nitrogens with one attached hydrogen (secondary N) is 2. The van der Waals surface area contributed by atoms with E-state index in [2.05, 4.69) is 27.1 Å². The Morgan fingerprint density at radius 1 is 0.971 bits per heavy atom. The van der Waals surface area contributed by atoms with Crippen LogP contribution in [-0.4, -0.2) is 38.9 Å². The normalized spacial score (nSPS) is 14.0. The zero-order valence-electron chi connectivity index (χ0n) is 19.4. The number of benzene rings is 3. The first-order valence-electron chi connectivity index (χ1n) is 11.2. The fourth-order valence-corrected chi connectivity index (χ4v) is 6.14. The molecule has 178 valence electrons. The first kappa shape index (κ1) is 24.2. The maximum atomic E-state index is 12.9. The molecule has 1 aliphatic rings. The van der Waals surface area contributed by atoms with Crippen LogP contribution in [0.3, 0.4) is 0 Å². The number of hydrogen-bond acceptors (Lipinski definition) is 5. The summed E-state index contributed by atoms with van der Waals surface area (Å²) < 4.78 is 28.4. The Hall–Kier alpha value is -2.97. The average Bonchev–Trinajstić information content (AvgIpc) is 2.84. The molecule has 0 saturated carbocycles. The van der Waals surface area contributed by atoms with E-state index in [4.69, 9.17) is 0 Å². The number of carbonyl (C=O) groups is 1. The van der Waals surface area contributed by atoms with Gasteiger partial charge in [-0.25, -0.2) is 8.42 Å². The van der Waals surface area contributed by atoms with Gasteiger partial charge in [-0.1, -0.05) is 30.3 Å². The molecule has 0 aromatic heterocycles. The second kappa shape index (κ2) is 10.5. The van der Waals surface area contributed by atoms with Gasteiger partial charge in [-0.3, -0.25) is 9.52 Å². The Balaban J connectivity index is 1.39. The summed E-state index contributed by atoms with van der Waals surface area (Å²) in [5, 5.41) is 2.92. The number of sulfonamides is 1. The summed E-state index contributed by atoms with van der Waals surface area (Å²) in [6.07, 6.45) is 0. The third kappa shape index (κ3) is 5.93. The quantitative estimate of drug-likeness (QED) is 0.501. The van der Waals surface area contributed by atoms with Gasteiger partial charge in [0.25, 0.3) is 15.9 Å². The van der Waals surface area contributed by atoms with Crippen LogP contribution in [0.1, 0.15) is 27.0 Å². The lowest BCUT2D eigenvalue weighted by Crippen LogP contribution is -2.32. The van der Waals surface area contributed by atoms with E-state index in [-0.39, 0.29) is 10.8 Å². The van der Waals surface area contributed by atoms with Gasteiger partial charge in [-0.2, -0.15) is 11.8 Å². The average molecular weight is 496 g/mol. The van der Waals surface area contributed by atoms with E-state index in [1.807, 2.05) is 36.9 Å². The molecule has 0 bridgehead atoms. The number of amides is 1. The second-order valence-corrected chi connectivity index (χ2v) is 11.3. The van der Waals surface area contributed by atoms with Gasteiger partial charge in [0, 0.05) is 48.1 Å². The van der Waals surface area contributed by atoms with Gasteiger partial charge in [0.15, 0.2) is 0 Å². The third-order valence-corrected chi connectivity index (χ3v) is 8.24. The van der Waals surface area contributed by atoms with Crippen molar-refractivity contribution in [3.8, 4) is 0 Å². The predicted molar refractivity (Wildman–Crippen MR) is 140 cm³/mol. The minimum absolute atomic E-state index is 0.231. The van der Waals surface area contributed by atoms with Crippen LogP contribution < -0.4 is 14.9 Å². The summed E-state index contributed by atoms with van der Waals surface area (Å²) in [5.74, 6) is 2.04. The molecule has 1 fully saturated rings. The van der Waals surface area contributed by atoms with Gasteiger partial charge in [-0.15, -0.1) is 0 Å². The lowest BCUT2D eigenvalue weighted by molar-refractivity contribution is 0.0951. The van der Waals surface area contributed by atoms with Crippen LogP contribution in [0.25, 0.3) is 0 Å². The van der Waals surface area contributed by atoms with Gasteiger partial charge < -0.3 is 10.2 Å². The van der Waals surface area contributed by atoms with Crippen molar-refractivity contribution in [3.05, 3.63) is 89.0 Å². The lowest BCUT2D eigenvalue weighted by atomic mass is 10.1. The Morgan fingerprint density at radius 2 is 1.71 bits per heavy atom. The molecule has 1 heterocycles. The molecule has 4 rings (SSSR count). The van der Waals surface area contributed by atoms with E-state index in [9.17, 15) is 13.2 Å². The molecular formula is C26H29N3O3S2. The number of thioether (sulfide) groups is 1. The second-order valence-electron chi connectivity index (χ2n) is 8.40. The predicted octanol–water partition coefficient (Wildman–Crippen LogP) is 4.59. The summed E-state index contributed by atoms with van der Waals surface area (Å²) in [6, 6.07) is 20.1. The zero-order valence-corrected chi connectivity index (χ0v) is 21.0. The molecule has 0 aliphatic carbocycles.